The van der Waals surface area contributed by atoms with Gasteiger partial charge in [-0.25, -0.2) is 4.39 Å². The fourth-order valence-electron chi connectivity index (χ4n) is 3.66. The van der Waals surface area contributed by atoms with Gasteiger partial charge >= 0.3 is 5.97 Å². The van der Waals surface area contributed by atoms with E-state index in [0.717, 1.165) is 37.8 Å². The van der Waals surface area contributed by atoms with E-state index in [0.29, 0.717) is 6.54 Å². The number of likely N-dealkylation sites (tertiary alicyclic amines) is 1. The van der Waals surface area contributed by atoms with E-state index >= 15 is 0 Å². The van der Waals surface area contributed by atoms with E-state index in [1.807, 2.05) is 13.0 Å². The largest absolute Gasteiger partial charge is 0.481 e. The number of nitrogens with zero attached hydrogens (tertiary/aromatic N) is 1. The molecule has 0 aromatic heterocycles. The number of benzene rings is 1. The number of aliphatic carboxylic acids is 1. The molecule has 0 amide bonds. The molecule has 4 heteroatoms. The minimum atomic E-state index is -0.709. The van der Waals surface area contributed by atoms with Crippen LogP contribution < -0.4 is 0 Å². The standard InChI is InChI=1S/C16H20FNO2/c1-16(15(19)20)7-2-8-18(10-16)14-6-3-11-9-12(17)4-5-13(11)14/h4-5,9,14H,2-3,6-8,10H2,1H3,(H,19,20). The van der Waals surface area contributed by atoms with E-state index in [1.165, 1.54) is 11.6 Å². The number of rotatable bonds is 2. The molecule has 20 heavy (non-hydrogen) atoms. The SMILES string of the molecule is CC1(C(=O)O)CCCN(C2CCc3cc(F)ccc32)C1. The highest BCUT2D eigenvalue weighted by Crippen LogP contribution is 2.40. The van der Waals surface area contributed by atoms with E-state index in [1.54, 1.807) is 6.07 Å². The number of carboxylic acids is 1. The number of piperidine rings is 1. The fraction of sp³-hybridized carbons (Fsp3) is 0.562. The molecule has 2 aliphatic rings. The molecule has 1 aromatic carbocycles. The van der Waals surface area contributed by atoms with Crippen LogP contribution in [0.4, 0.5) is 4.39 Å². The molecule has 3 rings (SSSR count). The first-order valence-electron chi connectivity index (χ1n) is 7.25. The second-order valence-electron chi connectivity index (χ2n) is 6.34. The van der Waals surface area contributed by atoms with Crippen molar-refractivity contribution in [1.82, 2.24) is 4.90 Å². The van der Waals surface area contributed by atoms with Gasteiger partial charge in [-0.2, -0.15) is 0 Å². The predicted molar refractivity (Wildman–Crippen MR) is 74.0 cm³/mol. The minimum Gasteiger partial charge on any atom is -0.481 e. The summed E-state index contributed by atoms with van der Waals surface area (Å²) in [4.78, 5) is 13.7. The lowest BCUT2D eigenvalue weighted by Crippen LogP contribution is -2.47. The number of fused-ring (bicyclic) bond motifs is 1. The molecular weight excluding hydrogens is 257 g/mol. The summed E-state index contributed by atoms with van der Waals surface area (Å²) in [5.74, 6) is -0.891. The van der Waals surface area contributed by atoms with Gasteiger partial charge < -0.3 is 5.11 Å². The van der Waals surface area contributed by atoms with E-state index < -0.39 is 11.4 Å². The zero-order chi connectivity index (χ0) is 14.3. The third-order valence-corrected chi connectivity index (χ3v) is 4.83. The van der Waals surface area contributed by atoms with E-state index in [-0.39, 0.29) is 11.9 Å². The van der Waals surface area contributed by atoms with E-state index in [2.05, 4.69) is 4.90 Å². The van der Waals surface area contributed by atoms with Crippen LogP contribution in [0.1, 0.15) is 43.4 Å². The highest BCUT2D eigenvalue weighted by atomic mass is 19.1. The van der Waals surface area contributed by atoms with Crippen LogP contribution in [0.25, 0.3) is 0 Å². The van der Waals surface area contributed by atoms with Gasteiger partial charge in [0.05, 0.1) is 5.41 Å². The maximum atomic E-state index is 13.3. The van der Waals surface area contributed by atoms with E-state index in [4.69, 9.17) is 0 Å². The summed E-state index contributed by atoms with van der Waals surface area (Å²) in [5.41, 5.74) is 1.61. The van der Waals surface area contributed by atoms with Crippen LogP contribution in [-0.4, -0.2) is 29.1 Å². The first kappa shape index (κ1) is 13.6. The molecule has 1 aromatic rings. The molecule has 108 valence electrons. The predicted octanol–water partition coefficient (Wildman–Crippen LogP) is 3.00. The summed E-state index contributed by atoms with van der Waals surface area (Å²) in [5, 5.41) is 9.41. The van der Waals surface area contributed by atoms with Crippen LogP contribution in [0.3, 0.4) is 0 Å². The van der Waals surface area contributed by atoms with Crippen molar-refractivity contribution >= 4 is 5.97 Å². The van der Waals surface area contributed by atoms with Gasteiger partial charge in [-0.3, -0.25) is 9.69 Å². The van der Waals surface area contributed by atoms with Gasteiger partial charge in [0.2, 0.25) is 0 Å². The Morgan fingerprint density at radius 1 is 1.50 bits per heavy atom. The summed E-state index contributed by atoms with van der Waals surface area (Å²) in [6.07, 6.45) is 3.50. The normalized spacial score (nSPS) is 30.2. The molecule has 0 bridgehead atoms. The van der Waals surface area contributed by atoms with Gasteiger partial charge in [0.15, 0.2) is 0 Å². The van der Waals surface area contributed by atoms with Crippen molar-refractivity contribution in [2.75, 3.05) is 13.1 Å². The van der Waals surface area contributed by atoms with Crippen LogP contribution in [0.15, 0.2) is 18.2 Å². The maximum absolute atomic E-state index is 13.3. The highest BCUT2D eigenvalue weighted by Gasteiger charge is 2.41. The van der Waals surface area contributed by atoms with Gasteiger partial charge in [-0.05, 0) is 62.4 Å². The molecule has 1 aliphatic heterocycles. The molecular formula is C16H20FNO2. The van der Waals surface area contributed by atoms with Gasteiger partial charge in [0.1, 0.15) is 5.82 Å². The molecule has 1 N–H and O–H groups in total. The lowest BCUT2D eigenvalue weighted by atomic mass is 9.81. The molecule has 1 fully saturated rings. The van der Waals surface area contributed by atoms with Crippen molar-refractivity contribution in [2.24, 2.45) is 5.41 Å². The van der Waals surface area contributed by atoms with Gasteiger partial charge in [-0.15, -0.1) is 0 Å². The first-order valence-corrected chi connectivity index (χ1v) is 7.25. The van der Waals surface area contributed by atoms with Crippen molar-refractivity contribution < 1.29 is 14.3 Å². The molecule has 0 saturated carbocycles. The molecule has 1 aliphatic carbocycles. The van der Waals surface area contributed by atoms with Gasteiger partial charge in [0.25, 0.3) is 0 Å². The number of carbonyl (C=O) groups is 1. The summed E-state index contributed by atoms with van der Waals surface area (Å²) in [6, 6.07) is 5.26. The Hall–Kier alpha value is -1.42. The molecule has 2 unspecified atom stereocenters. The molecule has 0 spiro atoms. The second kappa shape index (κ2) is 4.85. The van der Waals surface area contributed by atoms with Crippen LogP contribution in [0, 0.1) is 11.2 Å². The van der Waals surface area contributed by atoms with Crippen molar-refractivity contribution in [2.45, 2.75) is 38.6 Å². The molecule has 2 atom stereocenters. The quantitative estimate of drug-likeness (QED) is 0.903. The summed E-state index contributed by atoms with van der Waals surface area (Å²) < 4.78 is 13.3. The second-order valence-corrected chi connectivity index (χ2v) is 6.34. The Morgan fingerprint density at radius 2 is 2.30 bits per heavy atom. The van der Waals surface area contributed by atoms with Gasteiger partial charge in [0, 0.05) is 12.6 Å². The third kappa shape index (κ3) is 2.22. The van der Waals surface area contributed by atoms with Crippen LogP contribution in [-0.2, 0) is 11.2 Å². The lowest BCUT2D eigenvalue weighted by molar-refractivity contribution is -0.151. The number of halogens is 1. The fourth-order valence-corrected chi connectivity index (χ4v) is 3.66. The summed E-state index contributed by atoms with van der Waals surface area (Å²) in [7, 11) is 0. The Morgan fingerprint density at radius 3 is 3.05 bits per heavy atom. The number of aryl methyl sites for hydroxylation is 1. The first-order chi connectivity index (χ1) is 9.49. The molecule has 1 saturated heterocycles. The zero-order valence-electron chi connectivity index (χ0n) is 11.7. The zero-order valence-corrected chi connectivity index (χ0v) is 11.7. The lowest BCUT2D eigenvalue weighted by Gasteiger charge is -2.41. The number of carboxylic acid groups (broad SMARTS) is 1. The number of hydrogen-bond acceptors (Lipinski definition) is 2. The Bertz CT molecular complexity index is 545. The number of hydrogen-bond donors (Lipinski definition) is 1. The molecule has 3 nitrogen and oxygen atoms in total. The Labute approximate surface area is 118 Å². The van der Waals surface area contributed by atoms with Gasteiger partial charge in [-0.1, -0.05) is 6.07 Å². The third-order valence-electron chi connectivity index (χ3n) is 4.83. The summed E-state index contributed by atoms with van der Waals surface area (Å²) in [6.45, 7) is 3.36. The van der Waals surface area contributed by atoms with Crippen molar-refractivity contribution in [1.29, 1.82) is 0 Å². The topological polar surface area (TPSA) is 40.5 Å². The summed E-state index contributed by atoms with van der Waals surface area (Å²) >= 11 is 0. The van der Waals surface area contributed by atoms with Crippen molar-refractivity contribution in [3.8, 4) is 0 Å². The van der Waals surface area contributed by atoms with Crippen molar-refractivity contribution in [3.05, 3.63) is 35.1 Å². The average Bonchev–Trinajstić information content (AvgIpc) is 2.81. The maximum Gasteiger partial charge on any atom is 0.310 e. The monoisotopic (exact) mass is 277 g/mol. The van der Waals surface area contributed by atoms with Crippen molar-refractivity contribution in [3.63, 3.8) is 0 Å². The van der Waals surface area contributed by atoms with Crippen LogP contribution >= 0.6 is 0 Å². The Kier molecular flexibility index (Phi) is 3.28. The molecule has 0 radical (unpaired) electrons. The Balaban J connectivity index is 1.83. The smallest absolute Gasteiger partial charge is 0.310 e. The van der Waals surface area contributed by atoms with Crippen LogP contribution in [0.5, 0.6) is 0 Å². The minimum absolute atomic E-state index is 0.182. The van der Waals surface area contributed by atoms with E-state index in [9.17, 15) is 14.3 Å². The average molecular weight is 277 g/mol. The van der Waals surface area contributed by atoms with Crippen LogP contribution in [0.2, 0.25) is 0 Å². The molecule has 1 heterocycles. The highest BCUT2D eigenvalue weighted by molar-refractivity contribution is 5.74.